The van der Waals surface area contributed by atoms with E-state index < -0.39 is 10.1 Å². The zero-order valence-electron chi connectivity index (χ0n) is 11.6. The van der Waals surface area contributed by atoms with E-state index in [0.717, 1.165) is 13.0 Å². The molecule has 0 aliphatic rings. The van der Waals surface area contributed by atoms with Crippen molar-refractivity contribution in [2.45, 2.75) is 40.5 Å². The second-order valence-corrected chi connectivity index (χ2v) is 4.98. The highest BCUT2D eigenvalue weighted by molar-refractivity contribution is 7.85. The minimum absolute atomic E-state index is 0.132. The van der Waals surface area contributed by atoms with Crippen LogP contribution < -0.4 is 11.5 Å². The van der Waals surface area contributed by atoms with Gasteiger partial charge in [-0.15, -0.1) is 0 Å². The van der Waals surface area contributed by atoms with Crippen LogP contribution in [0.4, 0.5) is 0 Å². The molecular formula is C11H26N2O4S. The second kappa shape index (κ2) is 14.1. The van der Waals surface area contributed by atoms with Gasteiger partial charge in [0.15, 0.2) is 0 Å². The minimum Gasteiger partial charge on any atom is -0.366 e. The first-order chi connectivity index (χ1) is 8.16. The van der Waals surface area contributed by atoms with Crippen LogP contribution in [0.2, 0.25) is 0 Å². The molecule has 0 aromatic rings. The van der Waals surface area contributed by atoms with Crippen molar-refractivity contribution in [3.8, 4) is 0 Å². The number of hydrogen-bond donors (Lipinski definition) is 3. The van der Waals surface area contributed by atoms with E-state index in [0.29, 0.717) is 12.0 Å². The molecule has 7 heteroatoms. The monoisotopic (exact) mass is 282 g/mol. The molecule has 0 bridgehead atoms. The predicted molar refractivity (Wildman–Crippen MR) is 74.7 cm³/mol. The molecule has 0 saturated heterocycles. The highest BCUT2D eigenvalue weighted by Gasteiger charge is 1.98. The molecule has 0 saturated carbocycles. The highest BCUT2D eigenvalue weighted by atomic mass is 32.2. The first-order valence-corrected chi connectivity index (χ1v) is 7.35. The van der Waals surface area contributed by atoms with Gasteiger partial charge in [0.05, 0.1) is 5.75 Å². The van der Waals surface area contributed by atoms with Crippen LogP contribution in [-0.4, -0.2) is 31.2 Å². The number of primary amides is 1. The average Bonchev–Trinajstić information content (AvgIpc) is 2.27. The summed E-state index contributed by atoms with van der Waals surface area (Å²) in [5, 5.41) is 0. The van der Waals surface area contributed by atoms with Crippen molar-refractivity contribution in [2.24, 2.45) is 11.5 Å². The maximum atomic E-state index is 10.1. The zero-order chi connectivity index (χ0) is 15.2. The first kappa shape index (κ1) is 22.3. The summed E-state index contributed by atoms with van der Waals surface area (Å²) in [6.45, 7) is 8.02. The van der Waals surface area contributed by atoms with Gasteiger partial charge in [-0.25, -0.2) is 0 Å². The number of hydrogen-bond acceptors (Lipinski definition) is 4. The van der Waals surface area contributed by atoms with Gasteiger partial charge in [0.25, 0.3) is 10.1 Å². The van der Waals surface area contributed by atoms with Gasteiger partial charge in [-0.3, -0.25) is 9.35 Å². The molecule has 0 aliphatic heterocycles. The van der Waals surface area contributed by atoms with Crippen molar-refractivity contribution in [1.82, 2.24) is 0 Å². The van der Waals surface area contributed by atoms with Crippen LogP contribution in [0, 0.1) is 0 Å². The van der Waals surface area contributed by atoms with Gasteiger partial charge < -0.3 is 11.5 Å². The van der Waals surface area contributed by atoms with Crippen LogP contribution in [0.3, 0.4) is 0 Å². The Balaban J connectivity index is -0.000000196. The van der Waals surface area contributed by atoms with E-state index in [9.17, 15) is 13.2 Å². The summed E-state index contributed by atoms with van der Waals surface area (Å²) in [6, 6.07) is 0. The van der Waals surface area contributed by atoms with Crippen molar-refractivity contribution >= 4 is 16.0 Å². The summed E-state index contributed by atoms with van der Waals surface area (Å²) in [5.74, 6) is -0.477. The second-order valence-electron chi connectivity index (χ2n) is 3.41. The lowest BCUT2D eigenvalue weighted by Crippen LogP contribution is -2.10. The molecule has 0 spiro atoms. The zero-order valence-corrected chi connectivity index (χ0v) is 12.5. The van der Waals surface area contributed by atoms with Crippen LogP contribution in [0.15, 0.2) is 11.6 Å². The molecule has 0 fully saturated rings. The maximum absolute atomic E-state index is 10.1. The number of nitrogens with two attached hydrogens (primary N) is 2. The number of carbonyl (C=O) groups excluding carboxylic acids is 1. The van der Waals surface area contributed by atoms with Gasteiger partial charge in [0.2, 0.25) is 5.91 Å². The Morgan fingerprint density at radius 1 is 1.28 bits per heavy atom. The van der Waals surface area contributed by atoms with Gasteiger partial charge >= 0.3 is 0 Å². The summed E-state index contributed by atoms with van der Waals surface area (Å²) in [5.41, 5.74) is 10.5. The summed E-state index contributed by atoms with van der Waals surface area (Å²) < 4.78 is 27.6. The molecule has 0 unspecified atom stereocenters. The Hall–Kier alpha value is -0.920. The topological polar surface area (TPSA) is 123 Å². The third-order valence-electron chi connectivity index (χ3n) is 1.57. The van der Waals surface area contributed by atoms with Gasteiger partial charge in [-0.2, -0.15) is 8.42 Å². The van der Waals surface area contributed by atoms with E-state index in [1.807, 2.05) is 0 Å². The van der Waals surface area contributed by atoms with Crippen molar-refractivity contribution in [2.75, 3.05) is 12.3 Å². The summed E-state index contributed by atoms with van der Waals surface area (Å²) in [4.78, 5) is 10.1. The van der Waals surface area contributed by atoms with E-state index in [1.54, 1.807) is 26.8 Å². The molecule has 1 amide bonds. The Morgan fingerprint density at radius 3 is 1.67 bits per heavy atom. The van der Waals surface area contributed by atoms with Crippen molar-refractivity contribution in [1.29, 1.82) is 0 Å². The van der Waals surface area contributed by atoms with E-state index >= 15 is 0 Å². The third kappa shape index (κ3) is 29.4. The predicted octanol–water partition coefficient (Wildman–Crippen LogP) is 1.08. The normalized spacial score (nSPS) is 10.7. The standard InChI is InChI=1S/C5H9NO.C3H9N.C3H8O3S/c1-3-4(2)5(6)7;1-2-3-4;1-2-3-7(4,5)6/h3H,1-2H3,(H2,6,7);2-4H2,1H3;2-3H2,1H3,(H,4,5,6). The quantitative estimate of drug-likeness (QED) is 0.525. The number of allylic oxidation sites excluding steroid dienone is 1. The van der Waals surface area contributed by atoms with E-state index in [1.165, 1.54) is 0 Å². The molecule has 5 N–H and O–H groups in total. The Labute approximate surface area is 110 Å². The molecule has 0 heterocycles. The fourth-order valence-electron chi connectivity index (χ4n) is 0.400. The van der Waals surface area contributed by atoms with Gasteiger partial charge in [-0.05, 0) is 33.2 Å². The molecule has 0 radical (unpaired) electrons. The van der Waals surface area contributed by atoms with Crippen molar-refractivity contribution in [3.63, 3.8) is 0 Å². The molecular weight excluding hydrogens is 256 g/mol. The molecule has 0 atom stereocenters. The lowest BCUT2D eigenvalue weighted by atomic mass is 10.3. The lowest BCUT2D eigenvalue weighted by molar-refractivity contribution is -0.114. The van der Waals surface area contributed by atoms with Crippen LogP contribution >= 0.6 is 0 Å². The molecule has 0 rings (SSSR count). The van der Waals surface area contributed by atoms with Gasteiger partial charge in [0, 0.05) is 5.57 Å². The summed E-state index contributed by atoms with van der Waals surface area (Å²) in [6.07, 6.45) is 3.25. The minimum atomic E-state index is -3.67. The van der Waals surface area contributed by atoms with Gasteiger partial charge in [-0.1, -0.05) is 19.9 Å². The molecule has 6 nitrogen and oxygen atoms in total. The summed E-state index contributed by atoms with van der Waals surface area (Å²) >= 11 is 0. The SMILES string of the molecule is CC=C(C)C(N)=O.CCCN.CCCS(=O)(=O)O. The third-order valence-corrected chi connectivity index (χ3v) is 2.50. The maximum Gasteiger partial charge on any atom is 0.264 e. The fraction of sp³-hybridized carbons (Fsp3) is 0.727. The Morgan fingerprint density at radius 2 is 1.67 bits per heavy atom. The average molecular weight is 282 g/mol. The number of amides is 1. The van der Waals surface area contributed by atoms with Crippen LogP contribution in [0.5, 0.6) is 0 Å². The molecule has 0 aliphatic carbocycles. The van der Waals surface area contributed by atoms with E-state index in [2.05, 4.69) is 6.92 Å². The number of rotatable bonds is 4. The van der Waals surface area contributed by atoms with E-state index in [-0.39, 0.29) is 11.7 Å². The van der Waals surface area contributed by atoms with Crippen molar-refractivity contribution in [3.05, 3.63) is 11.6 Å². The van der Waals surface area contributed by atoms with Crippen molar-refractivity contribution < 1.29 is 17.8 Å². The molecule has 0 aromatic heterocycles. The van der Waals surface area contributed by atoms with Crippen LogP contribution in [0.25, 0.3) is 0 Å². The lowest BCUT2D eigenvalue weighted by Gasteiger charge is -1.85. The molecule has 18 heavy (non-hydrogen) atoms. The molecule has 0 aromatic carbocycles. The van der Waals surface area contributed by atoms with Crippen LogP contribution in [-0.2, 0) is 14.9 Å². The summed E-state index contributed by atoms with van der Waals surface area (Å²) in [7, 11) is -3.67. The van der Waals surface area contributed by atoms with Gasteiger partial charge in [0.1, 0.15) is 0 Å². The highest BCUT2D eigenvalue weighted by Crippen LogP contribution is 1.85. The Bertz CT molecular complexity index is 322. The van der Waals surface area contributed by atoms with E-state index in [4.69, 9.17) is 16.0 Å². The van der Waals surface area contributed by atoms with Crippen LogP contribution in [0.1, 0.15) is 40.5 Å². The smallest absolute Gasteiger partial charge is 0.264 e. The largest absolute Gasteiger partial charge is 0.366 e. The molecule has 110 valence electrons. The first-order valence-electron chi connectivity index (χ1n) is 5.74. The fourth-order valence-corrected chi connectivity index (χ4v) is 0.916. The number of carbonyl (C=O) groups is 1. The Kier molecular flexibility index (Phi) is 17.5.